The van der Waals surface area contributed by atoms with Crippen LogP contribution in [0.2, 0.25) is 24.2 Å². The van der Waals surface area contributed by atoms with Crippen molar-refractivity contribution in [2.45, 2.75) is 81.0 Å². The summed E-state index contributed by atoms with van der Waals surface area (Å²) < 4.78 is -0.555. The molecule has 2 rings (SSSR count). The summed E-state index contributed by atoms with van der Waals surface area (Å²) in [5, 5.41) is 12.0. The molecule has 0 aromatic heterocycles. The summed E-state index contributed by atoms with van der Waals surface area (Å²) in [5.41, 5.74) is 0. The minimum atomic E-state index is -1.59. The molecule has 6 nitrogen and oxygen atoms in total. The number of rotatable bonds is 7. The minimum absolute atomic E-state index is 0.0533. The van der Waals surface area contributed by atoms with Crippen LogP contribution in [0, 0.1) is 0 Å². The van der Waals surface area contributed by atoms with Crippen molar-refractivity contribution in [1.29, 1.82) is 0 Å². The van der Waals surface area contributed by atoms with E-state index in [2.05, 4.69) is 26.1 Å². The highest BCUT2D eigenvalue weighted by molar-refractivity contribution is 8.01. The zero-order valence-electron chi connectivity index (χ0n) is 15.1. The van der Waals surface area contributed by atoms with Crippen molar-refractivity contribution >= 4 is 37.6 Å². The zero-order chi connectivity index (χ0) is 18.3. The van der Waals surface area contributed by atoms with E-state index in [4.69, 9.17) is 0 Å². The van der Waals surface area contributed by atoms with Crippen molar-refractivity contribution in [3.63, 3.8) is 0 Å². The van der Waals surface area contributed by atoms with Gasteiger partial charge in [-0.25, -0.2) is 4.79 Å². The van der Waals surface area contributed by atoms with Gasteiger partial charge < -0.3 is 15.3 Å². The lowest BCUT2D eigenvalue weighted by Gasteiger charge is -2.44. The minimum Gasteiger partial charge on any atom is -0.480 e. The number of carboxylic acid groups (broad SMARTS) is 1. The summed E-state index contributed by atoms with van der Waals surface area (Å²) in [6, 6.07) is 2.31. The molecule has 136 valence electrons. The monoisotopic (exact) mass is 372 g/mol. The Kier molecular flexibility index (Phi) is 5.39. The zero-order valence-corrected chi connectivity index (χ0v) is 16.9. The summed E-state index contributed by atoms with van der Waals surface area (Å²) in [6.07, 6.45) is 0. The lowest BCUT2D eigenvalue weighted by Crippen LogP contribution is -2.70. The first-order valence-electron chi connectivity index (χ1n) is 8.64. The summed E-state index contributed by atoms with van der Waals surface area (Å²) in [7, 11) is -1.59. The largest absolute Gasteiger partial charge is 0.480 e. The topological polar surface area (TPSA) is 86.7 Å². The molecule has 2 aliphatic heterocycles. The number of hydrogen-bond donors (Lipinski definition) is 2. The van der Waals surface area contributed by atoms with Crippen LogP contribution in [0.25, 0.3) is 0 Å². The molecule has 2 fully saturated rings. The van der Waals surface area contributed by atoms with E-state index in [1.54, 1.807) is 0 Å². The number of carboxylic acids is 1. The van der Waals surface area contributed by atoms with Crippen molar-refractivity contribution in [1.82, 2.24) is 10.2 Å². The Morgan fingerprint density at radius 3 is 2.25 bits per heavy atom. The van der Waals surface area contributed by atoms with Crippen molar-refractivity contribution in [2.24, 2.45) is 0 Å². The van der Waals surface area contributed by atoms with Crippen LogP contribution in [0.1, 0.15) is 34.6 Å². The van der Waals surface area contributed by atoms with Crippen LogP contribution < -0.4 is 5.32 Å². The summed E-state index contributed by atoms with van der Waals surface area (Å²) in [4.78, 5) is 37.8. The molecule has 2 saturated heterocycles. The van der Waals surface area contributed by atoms with Gasteiger partial charge in [0.15, 0.2) is 0 Å². The average molecular weight is 373 g/mol. The van der Waals surface area contributed by atoms with E-state index in [0.29, 0.717) is 6.04 Å². The first-order chi connectivity index (χ1) is 11.1. The van der Waals surface area contributed by atoms with Crippen molar-refractivity contribution < 1.29 is 19.5 Å². The molecule has 24 heavy (non-hydrogen) atoms. The van der Waals surface area contributed by atoms with Crippen LogP contribution in [0.4, 0.5) is 0 Å². The van der Waals surface area contributed by atoms with E-state index < -0.39 is 30.9 Å². The van der Waals surface area contributed by atoms with Gasteiger partial charge in [0.25, 0.3) is 0 Å². The highest BCUT2D eigenvalue weighted by atomic mass is 32.2. The summed E-state index contributed by atoms with van der Waals surface area (Å²) >= 11 is 1.46. The van der Waals surface area contributed by atoms with Gasteiger partial charge in [-0.15, -0.1) is 11.8 Å². The molecule has 0 aliphatic carbocycles. The molecule has 0 spiro atoms. The van der Waals surface area contributed by atoms with Gasteiger partial charge in [0.05, 0.1) is 8.07 Å². The average Bonchev–Trinajstić information content (AvgIpc) is 2.79. The second-order valence-corrected chi connectivity index (χ2v) is 14.6. The molecule has 2 N–H and O–H groups in total. The predicted octanol–water partition coefficient (Wildman–Crippen LogP) is 2.13. The van der Waals surface area contributed by atoms with Crippen LogP contribution in [0.3, 0.4) is 0 Å². The summed E-state index contributed by atoms with van der Waals surface area (Å²) in [5.74, 6) is -1.31. The molecule has 0 bridgehead atoms. The fraction of sp³-hybridized carbons (Fsp3) is 0.812. The lowest BCUT2D eigenvalue weighted by molar-refractivity contribution is -0.161. The predicted molar refractivity (Wildman–Crippen MR) is 97.7 cm³/mol. The molecule has 2 amide bonds. The number of β-lactam (4-membered cyclic amide) rings is 1. The second-order valence-electron chi connectivity index (χ2n) is 7.38. The normalized spacial score (nSPS) is 28.3. The molecule has 2 aliphatic rings. The fourth-order valence-electron chi connectivity index (χ4n) is 3.84. The number of thioether (sulfide) groups is 1. The van der Waals surface area contributed by atoms with Gasteiger partial charge in [0.2, 0.25) is 11.8 Å². The Bertz CT molecular complexity index is 542. The first kappa shape index (κ1) is 19.3. The van der Waals surface area contributed by atoms with Crippen LogP contribution >= 0.6 is 11.8 Å². The molecule has 3 atom stereocenters. The highest BCUT2D eigenvalue weighted by Gasteiger charge is 2.64. The van der Waals surface area contributed by atoms with E-state index >= 15 is 0 Å². The first-order valence-corrected chi connectivity index (χ1v) is 12.4. The van der Waals surface area contributed by atoms with Crippen molar-refractivity contribution in [3.05, 3.63) is 0 Å². The van der Waals surface area contributed by atoms with E-state index in [1.807, 2.05) is 13.8 Å². The van der Waals surface area contributed by atoms with Gasteiger partial charge in [-0.3, -0.25) is 9.59 Å². The van der Waals surface area contributed by atoms with Gasteiger partial charge in [-0.05, 0) is 13.8 Å². The van der Waals surface area contributed by atoms with Gasteiger partial charge in [-0.1, -0.05) is 38.9 Å². The Morgan fingerprint density at radius 1 is 1.25 bits per heavy atom. The quantitative estimate of drug-likeness (QED) is 0.528. The number of nitrogens with zero attached hydrogens (tertiary/aromatic N) is 1. The Hall–Kier alpha value is -1.02. The Morgan fingerprint density at radius 2 is 1.79 bits per heavy atom. The standard InChI is InChI=1S/C16H28N2O4SSi/c1-6-24(7-2,8-3)9-10(19)17-11-13(20)18-12(15(21)22)16(4,5)23-14(11)18/h11-12,14H,6-9H2,1-5H3,(H,17,19)(H,21,22). The number of aliphatic carboxylic acids is 1. The van der Waals surface area contributed by atoms with E-state index in [0.717, 1.165) is 18.1 Å². The maximum atomic E-state index is 12.5. The molecule has 2 heterocycles. The van der Waals surface area contributed by atoms with E-state index in [-0.39, 0.29) is 17.2 Å². The maximum Gasteiger partial charge on any atom is 0.327 e. The molecular weight excluding hydrogens is 344 g/mol. The Labute approximate surface area is 148 Å². The third-order valence-corrected chi connectivity index (χ3v) is 12.9. The molecular formula is C16H28N2O4SSi. The van der Waals surface area contributed by atoms with Gasteiger partial charge in [-0.2, -0.15) is 0 Å². The molecule has 0 radical (unpaired) electrons. The van der Waals surface area contributed by atoms with Crippen LogP contribution in [0.5, 0.6) is 0 Å². The molecule has 8 heteroatoms. The van der Waals surface area contributed by atoms with Crippen LogP contribution in [-0.2, 0) is 14.4 Å². The van der Waals surface area contributed by atoms with Crippen molar-refractivity contribution in [2.75, 3.05) is 0 Å². The number of carbonyl (C=O) groups is 3. The summed E-state index contributed by atoms with van der Waals surface area (Å²) in [6.45, 7) is 10.1. The number of hydrogen-bond acceptors (Lipinski definition) is 4. The molecule has 0 aromatic rings. The van der Waals surface area contributed by atoms with Crippen LogP contribution in [-0.4, -0.2) is 58.1 Å². The molecule has 3 unspecified atom stereocenters. The van der Waals surface area contributed by atoms with Gasteiger partial charge >= 0.3 is 5.97 Å². The molecule has 0 saturated carbocycles. The third-order valence-electron chi connectivity index (χ3n) is 5.78. The number of carbonyl (C=O) groups excluding carboxylic acids is 2. The van der Waals surface area contributed by atoms with Gasteiger partial charge in [0, 0.05) is 10.8 Å². The fourth-order valence-corrected chi connectivity index (χ4v) is 8.49. The Balaban J connectivity index is 2.05. The lowest BCUT2D eigenvalue weighted by atomic mass is 9.96. The van der Waals surface area contributed by atoms with Crippen LogP contribution in [0.15, 0.2) is 0 Å². The number of amides is 2. The number of fused-ring (bicyclic) bond motifs is 1. The highest BCUT2D eigenvalue weighted by Crippen LogP contribution is 2.50. The second kappa shape index (κ2) is 6.71. The molecule has 0 aromatic carbocycles. The van der Waals surface area contributed by atoms with Gasteiger partial charge in [0.1, 0.15) is 17.5 Å². The van der Waals surface area contributed by atoms with Crippen molar-refractivity contribution in [3.8, 4) is 0 Å². The SMILES string of the molecule is CC[Si](CC)(CC)CC(=O)NC1C(=O)N2C1SC(C)(C)C2C(=O)O. The smallest absolute Gasteiger partial charge is 0.327 e. The van der Waals surface area contributed by atoms with E-state index in [9.17, 15) is 19.5 Å². The number of nitrogens with one attached hydrogen (secondary N) is 1. The third kappa shape index (κ3) is 3.10. The van der Waals surface area contributed by atoms with E-state index in [1.165, 1.54) is 16.7 Å². The maximum absolute atomic E-state index is 12.5.